The fourth-order valence-corrected chi connectivity index (χ4v) is 4.82. The molecule has 0 radical (unpaired) electrons. The maximum atomic E-state index is 10.6. The first-order valence-electron chi connectivity index (χ1n) is 10.4. The fraction of sp³-hybridized carbons (Fsp3) is 0.542. The Morgan fingerprint density at radius 2 is 2.14 bits per heavy atom. The summed E-state index contributed by atoms with van der Waals surface area (Å²) in [6.07, 6.45) is 10.5. The molecule has 0 spiro atoms. The van der Waals surface area contributed by atoms with Gasteiger partial charge in [-0.1, -0.05) is 53.6 Å². The van der Waals surface area contributed by atoms with Gasteiger partial charge in [0.1, 0.15) is 0 Å². The first-order chi connectivity index (χ1) is 13.4. The molecule has 0 aromatic heterocycles. The number of carboxylic acids is 1. The number of aliphatic carboxylic acids is 1. The molecule has 28 heavy (non-hydrogen) atoms. The fourth-order valence-electron chi connectivity index (χ4n) is 4.82. The number of carbonyl (C=O) groups is 1. The van der Waals surface area contributed by atoms with Gasteiger partial charge in [-0.05, 0) is 56.4 Å². The average Bonchev–Trinajstić information content (AvgIpc) is 3.13. The van der Waals surface area contributed by atoms with Crippen LogP contribution in [0.2, 0.25) is 0 Å². The lowest BCUT2D eigenvalue weighted by molar-refractivity contribution is -0.137. The molecule has 152 valence electrons. The van der Waals surface area contributed by atoms with Crippen LogP contribution in [0, 0.1) is 24.7 Å². The molecule has 0 saturated heterocycles. The minimum atomic E-state index is -0.727. The number of rotatable bonds is 9. The lowest BCUT2D eigenvalue weighted by Crippen LogP contribution is -2.18. The van der Waals surface area contributed by atoms with Crippen LogP contribution in [0.1, 0.15) is 49.7 Å². The molecule has 0 amide bonds. The van der Waals surface area contributed by atoms with E-state index in [0.717, 1.165) is 37.7 Å². The zero-order valence-electron chi connectivity index (χ0n) is 16.6. The van der Waals surface area contributed by atoms with E-state index in [0.29, 0.717) is 18.3 Å². The van der Waals surface area contributed by atoms with E-state index >= 15 is 0 Å². The van der Waals surface area contributed by atoms with Crippen LogP contribution in [-0.2, 0) is 11.2 Å². The number of aliphatic hydroxyl groups is 2. The minimum Gasteiger partial charge on any atom is -0.481 e. The van der Waals surface area contributed by atoms with Crippen LogP contribution < -0.4 is 0 Å². The normalized spacial score (nSPS) is 27.8. The summed E-state index contributed by atoms with van der Waals surface area (Å²) in [6, 6.07) is 8.18. The van der Waals surface area contributed by atoms with Crippen LogP contribution in [-0.4, -0.2) is 33.5 Å². The number of unbranched alkanes of at least 4 members (excludes halogenated alkanes) is 1. The summed E-state index contributed by atoms with van der Waals surface area (Å²) < 4.78 is 0. The summed E-state index contributed by atoms with van der Waals surface area (Å²) in [6.45, 7) is 2.05. The summed E-state index contributed by atoms with van der Waals surface area (Å²) in [7, 11) is 0. The molecule has 1 fully saturated rings. The molecule has 0 aliphatic heterocycles. The number of carboxylic acid groups (broad SMARTS) is 1. The molecular weight excluding hydrogens is 352 g/mol. The van der Waals surface area contributed by atoms with Crippen LogP contribution in [0.15, 0.2) is 48.1 Å². The second kappa shape index (κ2) is 9.53. The molecule has 1 saturated carbocycles. The molecule has 1 aromatic rings. The Morgan fingerprint density at radius 3 is 2.89 bits per heavy atom. The lowest BCUT2D eigenvalue weighted by Gasteiger charge is -2.19. The highest BCUT2D eigenvalue weighted by Crippen LogP contribution is 2.48. The minimum absolute atomic E-state index is 0.0879. The van der Waals surface area contributed by atoms with E-state index in [4.69, 9.17) is 5.11 Å². The van der Waals surface area contributed by atoms with Crippen molar-refractivity contribution in [1.29, 1.82) is 0 Å². The molecule has 4 nitrogen and oxygen atoms in total. The molecule has 2 aliphatic rings. The van der Waals surface area contributed by atoms with Crippen LogP contribution in [0.4, 0.5) is 0 Å². The maximum absolute atomic E-state index is 10.6. The van der Waals surface area contributed by atoms with E-state index in [-0.39, 0.29) is 18.4 Å². The zero-order chi connectivity index (χ0) is 20.1. The van der Waals surface area contributed by atoms with Gasteiger partial charge in [0.25, 0.3) is 0 Å². The quantitative estimate of drug-likeness (QED) is 0.443. The van der Waals surface area contributed by atoms with Gasteiger partial charge in [-0.3, -0.25) is 4.79 Å². The molecule has 1 aromatic carbocycles. The van der Waals surface area contributed by atoms with E-state index in [9.17, 15) is 15.0 Å². The third kappa shape index (κ3) is 5.55. The summed E-state index contributed by atoms with van der Waals surface area (Å²) >= 11 is 0. The monoisotopic (exact) mass is 384 g/mol. The molecule has 0 unspecified atom stereocenters. The first kappa shape index (κ1) is 20.8. The maximum Gasteiger partial charge on any atom is 0.303 e. The third-order valence-corrected chi connectivity index (χ3v) is 6.17. The lowest BCUT2D eigenvalue weighted by atomic mass is 9.88. The van der Waals surface area contributed by atoms with Gasteiger partial charge in [0, 0.05) is 18.8 Å². The molecule has 5 atom stereocenters. The standard InChI is InChI=1S/C24H32O4/c1-16-5-4-7-17(11-16)13-20(25)9-10-21-22-14-18(6-2-3-8-24(27)28)12-19(22)15-23(21)26/h4-5,7,9-12,19-23,25-26H,2-3,6,8,13-15H2,1H3,(H,27,28)/t19-,20+,21-,22+,23-/m1/s1. The van der Waals surface area contributed by atoms with Crippen molar-refractivity contribution in [3.05, 3.63) is 59.2 Å². The van der Waals surface area contributed by atoms with Crippen molar-refractivity contribution < 1.29 is 20.1 Å². The van der Waals surface area contributed by atoms with Gasteiger partial charge < -0.3 is 15.3 Å². The first-order valence-corrected chi connectivity index (χ1v) is 10.4. The van der Waals surface area contributed by atoms with E-state index in [1.807, 2.05) is 37.3 Å². The molecular formula is C24H32O4. The Balaban J connectivity index is 1.51. The number of hydrogen-bond acceptors (Lipinski definition) is 3. The van der Waals surface area contributed by atoms with E-state index < -0.39 is 12.1 Å². The van der Waals surface area contributed by atoms with Gasteiger partial charge in [0.2, 0.25) is 0 Å². The van der Waals surface area contributed by atoms with Crippen molar-refractivity contribution >= 4 is 5.97 Å². The van der Waals surface area contributed by atoms with Crippen LogP contribution in [0.25, 0.3) is 0 Å². The van der Waals surface area contributed by atoms with E-state index in [2.05, 4.69) is 12.1 Å². The number of aliphatic hydroxyl groups excluding tert-OH is 2. The van der Waals surface area contributed by atoms with Crippen molar-refractivity contribution in [1.82, 2.24) is 0 Å². The topological polar surface area (TPSA) is 77.8 Å². The highest BCUT2D eigenvalue weighted by atomic mass is 16.4. The van der Waals surface area contributed by atoms with Gasteiger partial charge >= 0.3 is 5.97 Å². The van der Waals surface area contributed by atoms with Crippen molar-refractivity contribution in [2.75, 3.05) is 0 Å². The molecule has 0 heterocycles. The van der Waals surface area contributed by atoms with Gasteiger partial charge in [-0.2, -0.15) is 0 Å². The van der Waals surface area contributed by atoms with Gasteiger partial charge in [-0.15, -0.1) is 0 Å². The molecule has 2 aliphatic carbocycles. The largest absolute Gasteiger partial charge is 0.481 e. The number of benzene rings is 1. The summed E-state index contributed by atoms with van der Waals surface area (Å²) in [4.78, 5) is 10.6. The van der Waals surface area contributed by atoms with Gasteiger partial charge in [0.15, 0.2) is 0 Å². The van der Waals surface area contributed by atoms with Gasteiger partial charge in [0.05, 0.1) is 12.2 Å². The summed E-state index contributed by atoms with van der Waals surface area (Å²) in [5.41, 5.74) is 3.72. The summed E-state index contributed by atoms with van der Waals surface area (Å²) in [5.74, 6) is 0.180. The Labute approximate surface area is 167 Å². The van der Waals surface area contributed by atoms with E-state index in [1.165, 1.54) is 11.1 Å². The van der Waals surface area contributed by atoms with Crippen LogP contribution >= 0.6 is 0 Å². The number of hydrogen-bond donors (Lipinski definition) is 3. The predicted molar refractivity (Wildman–Crippen MR) is 110 cm³/mol. The van der Waals surface area contributed by atoms with Crippen LogP contribution in [0.5, 0.6) is 0 Å². The number of allylic oxidation sites excluding steroid dienone is 2. The molecule has 0 bridgehead atoms. The molecule has 3 N–H and O–H groups in total. The average molecular weight is 385 g/mol. The van der Waals surface area contributed by atoms with Crippen molar-refractivity contribution in [3.8, 4) is 0 Å². The molecule has 3 rings (SSSR count). The highest BCUT2D eigenvalue weighted by Gasteiger charge is 2.43. The number of fused-ring (bicyclic) bond motifs is 1. The van der Waals surface area contributed by atoms with E-state index in [1.54, 1.807) is 0 Å². The second-order valence-electron chi connectivity index (χ2n) is 8.48. The Kier molecular flexibility index (Phi) is 7.08. The SMILES string of the molecule is Cc1cccc(C[C@@H](O)C=C[C@@H]2[C@H]3CC(CCCCC(=O)O)=C[C@@H]3C[C@H]2O)c1. The second-order valence-corrected chi connectivity index (χ2v) is 8.48. The summed E-state index contributed by atoms with van der Waals surface area (Å²) in [5, 5.41) is 29.6. The third-order valence-electron chi connectivity index (χ3n) is 6.17. The van der Waals surface area contributed by atoms with Gasteiger partial charge in [-0.25, -0.2) is 0 Å². The van der Waals surface area contributed by atoms with Crippen molar-refractivity contribution in [2.24, 2.45) is 17.8 Å². The van der Waals surface area contributed by atoms with Crippen molar-refractivity contribution in [2.45, 2.75) is 64.1 Å². The Bertz CT molecular complexity index is 736. The molecule has 4 heteroatoms. The Hall–Kier alpha value is -1.91. The zero-order valence-corrected chi connectivity index (χ0v) is 16.6. The van der Waals surface area contributed by atoms with Crippen LogP contribution in [0.3, 0.4) is 0 Å². The number of aryl methyl sites for hydroxylation is 1. The Morgan fingerprint density at radius 1 is 1.32 bits per heavy atom. The smallest absolute Gasteiger partial charge is 0.303 e. The highest BCUT2D eigenvalue weighted by molar-refractivity contribution is 5.66. The van der Waals surface area contributed by atoms with Crippen molar-refractivity contribution in [3.63, 3.8) is 0 Å². The predicted octanol–water partition coefficient (Wildman–Crippen LogP) is 4.04.